The summed E-state index contributed by atoms with van der Waals surface area (Å²) in [6.07, 6.45) is 2.25. The highest BCUT2D eigenvalue weighted by atomic mass is 32.2. The van der Waals surface area contributed by atoms with Gasteiger partial charge in [0.05, 0.1) is 21.9 Å². The summed E-state index contributed by atoms with van der Waals surface area (Å²) in [6, 6.07) is 0. The topological polar surface area (TPSA) is 101 Å². The van der Waals surface area contributed by atoms with E-state index in [-0.39, 0.29) is 22.3 Å². The summed E-state index contributed by atoms with van der Waals surface area (Å²) >= 11 is 3.00. The van der Waals surface area contributed by atoms with E-state index in [0.717, 1.165) is 28.1 Å². The molecule has 4 N–H and O–H groups in total. The van der Waals surface area contributed by atoms with Gasteiger partial charge in [0, 0.05) is 11.4 Å². The van der Waals surface area contributed by atoms with Crippen LogP contribution in [0.5, 0.6) is 0 Å². The number of hydrogen-bond acceptors (Lipinski definition) is 6. The van der Waals surface area contributed by atoms with Gasteiger partial charge < -0.3 is 16.0 Å². The van der Waals surface area contributed by atoms with Gasteiger partial charge in [0.2, 0.25) is 5.91 Å². The lowest BCUT2D eigenvalue weighted by atomic mass is 9.96. The van der Waals surface area contributed by atoms with Gasteiger partial charge in [-0.2, -0.15) is 0 Å². The molecule has 1 saturated carbocycles. The van der Waals surface area contributed by atoms with Gasteiger partial charge in [-0.3, -0.25) is 9.59 Å². The molecule has 0 saturated heterocycles. The van der Waals surface area contributed by atoms with E-state index in [4.69, 9.17) is 5.73 Å². The molecule has 1 fully saturated rings. The lowest BCUT2D eigenvalue weighted by Crippen LogP contribution is -2.54. The Bertz CT molecular complexity index is 887. The molecule has 2 atom stereocenters. The summed E-state index contributed by atoms with van der Waals surface area (Å²) in [5.74, 6) is 1.57. The molecule has 2 aromatic rings. The Balaban J connectivity index is 1.65. The fourth-order valence-corrected chi connectivity index (χ4v) is 4.87. The first-order valence-electron chi connectivity index (χ1n) is 8.87. The molecule has 1 aliphatic rings. The Hall–Kier alpha value is -1.38. The van der Waals surface area contributed by atoms with Gasteiger partial charge in [0.25, 0.3) is 5.56 Å². The molecular formula is C18H26N4O2S2. The van der Waals surface area contributed by atoms with Gasteiger partial charge in [-0.05, 0) is 52.0 Å². The number of amides is 1. The van der Waals surface area contributed by atoms with Crippen molar-refractivity contribution in [2.75, 3.05) is 6.54 Å². The second-order valence-corrected chi connectivity index (χ2v) is 9.85. The molecule has 0 aromatic carbocycles. The Labute approximate surface area is 161 Å². The average Bonchev–Trinajstić information content (AvgIpc) is 3.40. The maximum absolute atomic E-state index is 12.5. The molecule has 0 spiro atoms. The lowest BCUT2D eigenvalue weighted by Gasteiger charge is -2.30. The van der Waals surface area contributed by atoms with Crippen molar-refractivity contribution in [1.29, 1.82) is 0 Å². The minimum Gasteiger partial charge on any atom is -0.348 e. The van der Waals surface area contributed by atoms with E-state index >= 15 is 0 Å². The number of aromatic nitrogens is 2. The predicted molar refractivity (Wildman–Crippen MR) is 109 cm³/mol. The van der Waals surface area contributed by atoms with E-state index in [0.29, 0.717) is 29.4 Å². The molecule has 2 unspecified atom stereocenters. The molecule has 6 nitrogen and oxygen atoms in total. The second kappa shape index (κ2) is 7.32. The number of nitrogens with one attached hydrogen (secondary N) is 2. The molecular weight excluding hydrogens is 368 g/mol. The first kappa shape index (κ1) is 19.4. The van der Waals surface area contributed by atoms with E-state index < -0.39 is 0 Å². The zero-order valence-corrected chi connectivity index (χ0v) is 17.3. The number of fused-ring (bicyclic) bond motifs is 1. The number of thiophene rings is 1. The highest BCUT2D eigenvalue weighted by molar-refractivity contribution is 7.99. The highest BCUT2D eigenvalue weighted by Crippen LogP contribution is 2.39. The minimum atomic E-state index is -0.316. The monoisotopic (exact) mass is 394 g/mol. The van der Waals surface area contributed by atoms with Crippen LogP contribution in [0.1, 0.15) is 43.0 Å². The standard InChI is InChI=1S/C18H26N4O2S2/c1-9-10(2)26-17-14(9)16(24)20-13(21-17)7-25-11(3)15(23)22-18(4,8-19)12-5-6-12/h11-12H,5-8,19H2,1-4H3,(H,22,23)(H,20,21,24). The lowest BCUT2D eigenvalue weighted by molar-refractivity contribution is -0.122. The molecule has 3 rings (SSSR count). The van der Waals surface area contributed by atoms with Crippen molar-refractivity contribution in [2.24, 2.45) is 11.7 Å². The van der Waals surface area contributed by atoms with Crippen LogP contribution in [0.2, 0.25) is 0 Å². The van der Waals surface area contributed by atoms with Crippen molar-refractivity contribution >= 4 is 39.2 Å². The number of hydrogen-bond donors (Lipinski definition) is 3. The van der Waals surface area contributed by atoms with Crippen molar-refractivity contribution in [3.8, 4) is 0 Å². The number of carbonyl (C=O) groups excluding carboxylic acids is 1. The second-order valence-electron chi connectivity index (χ2n) is 7.31. The van der Waals surface area contributed by atoms with E-state index in [2.05, 4.69) is 15.3 Å². The summed E-state index contributed by atoms with van der Waals surface area (Å²) in [5, 5.41) is 3.55. The predicted octanol–water partition coefficient (Wildman–Crippen LogP) is 2.47. The fraction of sp³-hybridized carbons (Fsp3) is 0.611. The normalized spacial score (nSPS) is 17.9. The van der Waals surface area contributed by atoms with Gasteiger partial charge in [-0.15, -0.1) is 23.1 Å². The number of nitrogens with zero attached hydrogens (tertiary/aromatic N) is 1. The van der Waals surface area contributed by atoms with E-state index in [1.807, 2.05) is 27.7 Å². The third-order valence-corrected chi connectivity index (χ3v) is 7.49. The number of carbonyl (C=O) groups is 1. The summed E-state index contributed by atoms with van der Waals surface area (Å²) in [5.41, 5.74) is 6.45. The molecule has 2 heterocycles. The summed E-state index contributed by atoms with van der Waals surface area (Å²) in [7, 11) is 0. The van der Waals surface area contributed by atoms with E-state index in [9.17, 15) is 9.59 Å². The van der Waals surface area contributed by atoms with Crippen LogP contribution < -0.4 is 16.6 Å². The number of aryl methyl sites for hydroxylation is 2. The molecule has 1 amide bonds. The first-order chi connectivity index (χ1) is 12.2. The molecule has 8 heteroatoms. The van der Waals surface area contributed by atoms with Crippen molar-refractivity contribution in [3.05, 3.63) is 26.6 Å². The zero-order valence-electron chi connectivity index (χ0n) is 15.6. The average molecular weight is 395 g/mol. The number of thioether (sulfide) groups is 1. The quantitative estimate of drug-likeness (QED) is 0.670. The Morgan fingerprint density at radius 1 is 1.50 bits per heavy atom. The van der Waals surface area contributed by atoms with Crippen molar-refractivity contribution in [1.82, 2.24) is 15.3 Å². The smallest absolute Gasteiger partial charge is 0.259 e. The maximum atomic E-state index is 12.5. The molecule has 26 heavy (non-hydrogen) atoms. The first-order valence-corrected chi connectivity index (χ1v) is 10.7. The Morgan fingerprint density at radius 2 is 2.19 bits per heavy atom. The van der Waals surface area contributed by atoms with Crippen LogP contribution in [0, 0.1) is 19.8 Å². The van der Waals surface area contributed by atoms with Crippen molar-refractivity contribution < 1.29 is 4.79 Å². The van der Waals surface area contributed by atoms with Crippen LogP contribution in [-0.4, -0.2) is 33.2 Å². The van der Waals surface area contributed by atoms with Crippen LogP contribution in [0.4, 0.5) is 0 Å². The Morgan fingerprint density at radius 3 is 2.81 bits per heavy atom. The molecule has 0 radical (unpaired) electrons. The van der Waals surface area contributed by atoms with Crippen LogP contribution in [0.3, 0.4) is 0 Å². The molecule has 1 aliphatic carbocycles. The summed E-state index contributed by atoms with van der Waals surface area (Å²) in [4.78, 5) is 34.1. The van der Waals surface area contributed by atoms with Crippen LogP contribution in [0.15, 0.2) is 4.79 Å². The van der Waals surface area contributed by atoms with Crippen LogP contribution >= 0.6 is 23.1 Å². The fourth-order valence-electron chi connectivity index (χ4n) is 3.07. The largest absolute Gasteiger partial charge is 0.348 e. The van der Waals surface area contributed by atoms with E-state index in [1.165, 1.54) is 23.1 Å². The summed E-state index contributed by atoms with van der Waals surface area (Å²) < 4.78 is 0. The van der Waals surface area contributed by atoms with E-state index in [1.54, 1.807) is 0 Å². The van der Waals surface area contributed by atoms with Gasteiger partial charge in [-0.25, -0.2) is 4.98 Å². The minimum absolute atomic E-state index is 0.0129. The highest BCUT2D eigenvalue weighted by Gasteiger charge is 2.42. The van der Waals surface area contributed by atoms with Crippen LogP contribution in [-0.2, 0) is 10.5 Å². The van der Waals surface area contributed by atoms with Gasteiger partial charge in [0.1, 0.15) is 10.7 Å². The zero-order chi connectivity index (χ0) is 19.1. The van der Waals surface area contributed by atoms with Crippen LogP contribution in [0.25, 0.3) is 10.2 Å². The third-order valence-electron chi connectivity index (χ3n) is 5.24. The number of aromatic amines is 1. The number of rotatable bonds is 7. The molecule has 142 valence electrons. The SMILES string of the molecule is Cc1sc2nc(CSC(C)C(=O)NC(C)(CN)C3CC3)[nH]c(=O)c2c1C. The number of nitrogens with two attached hydrogens (primary N) is 1. The third kappa shape index (κ3) is 3.82. The molecule has 2 aromatic heterocycles. The van der Waals surface area contributed by atoms with Gasteiger partial charge in [0.15, 0.2) is 0 Å². The number of H-pyrrole nitrogens is 1. The van der Waals surface area contributed by atoms with Crippen molar-refractivity contribution in [3.63, 3.8) is 0 Å². The molecule has 0 aliphatic heterocycles. The van der Waals surface area contributed by atoms with Gasteiger partial charge >= 0.3 is 0 Å². The Kier molecular flexibility index (Phi) is 5.46. The molecule has 0 bridgehead atoms. The maximum Gasteiger partial charge on any atom is 0.259 e. The van der Waals surface area contributed by atoms with Crippen molar-refractivity contribution in [2.45, 2.75) is 57.1 Å². The summed E-state index contributed by atoms with van der Waals surface area (Å²) in [6.45, 7) is 8.29. The van der Waals surface area contributed by atoms with Gasteiger partial charge in [-0.1, -0.05) is 0 Å².